The summed E-state index contributed by atoms with van der Waals surface area (Å²) in [5.74, 6) is 0. The number of halogens is 1. The molecule has 0 radical (unpaired) electrons. The minimum atomic E-state index is -3.54. The maximum Gasteiger partial charge on any atom is 0.222 e. The van der Waals surface area contributed by atoms with Crippen molar-refractivity contribution in [3.8, 4) is 0 Å². The van der Waals surface area contributed by atoms with Gasteiger partial charge in [-0.15, -0.1) is 0 Å². The van der Waals surface area contributed by atoms with Gasteiger partial charge >= 0.3 is 0 Å². The lowest BCUT2D eigenvalue weighted by molar-refractivity contribution is 0.549. The average Bonchev–Trinajstić information content (AvgIpc) is 3.01. The Hall–Kier alpha value is -1.59. The van der Waals surface area contributed by atoms with Crippen molar-refractivity contribution >= 4 is 36.7 Å². The van der Waals surface area contributed by atoms with Crippen LogP contribution in [0.2, 0.25) is 0 Å². The second-order valence-electron chi connectivity index (χ2n) is 6.61. The molecule has 0 atom stereocenters. The van der Waals surface area contributed by atoms with E-state index in [0.717, 1.165) is 54.0 Å². The molecule has 0 aliphatic rings. The van der Waals surface area contributed by atoms with E-state index >= 15 is 0 Å². The third kappa shape index (κ3) is 4.04. The summed E-state index contributed by atoms with van der Waals surface area (Å²) < 4.78 is 28.5. The van der Waals surface area contributed by atoms with Gasteiger partial charge in [0.15, 0.2) is 0 Å². The van der Waals surface area contributed by atoms with Crippen LogP contribution in [0.15, 0.2) is 64.5 Å². The van der Waals surface area contributed by atoms with Crippen molar-refractivity contribution in [2.24, 2.45) is 0 Å². The molecule has 1 aromatic heterocycles. The van der Waals surface area contributed by atoms with Gasteiger partial charge in [0.05, 0.1) is 4.90 Å². The first-order valence-electron chi connectivity index (χ1n) is 9.00. The molecule has 1 heterocycles. The van der Waals surface area contributed by atoms with E-state index in [0.29, 0.717) is 9.92 Å². The molecule has 0 bridgehead atoms. The predicted octanol–water partition coefficient (Wildman–Crippen LogP) is 5.74. The molecule has 0 saturated carbocycles. The van der Waals surface area contributed by atoms with Crippen LogP contribution in [0.4, 0.5) is 0 Å². The Morgan fingerprint density at radius 1 is 0.923 bits per heavy atom. The van der Waals surface area contributed by atoms with Crippen LogP contribution in [0, 0.1) is 6.92 Å². The second-order valence-corrected chi connectivity index (χ2v) is 9.30. The van der Waals surface area contributed by atoms with E-state index in [-0.39, 0.29) is 0 Å². The molecule has 3 nitrogen and oxygen atoms in total. The summed E-state index contributed by atoms with van der Waals surface area (Å²) in [6.45, 7) is 2.68. The van der Waals surface area contributed by atoms with E-state index in [9.17, 15) is 8.42 Å². The molecule has 0 N–H and O–H groups in total. The standard InChI is InChI=1S/C21H24BrNO2S/c1-17-10-12-19(13-11-17)26(24,25)21-16-18-8-4-5-9-20(18)23(21)15-7-3-2-6-14-22/h4-5,8-13,16H,2-3,6-7,14-15H2,1H3. The van der Waals surface area contributed by atoms with Crippen LogP contribution < -0.4 is 0 Å². The van der Waals surface area contributed by atoms with Crippen LogP contribution in [-0.2, 0) is 16.4 Å². The van der Waals surface area contributed by atoms with Crippen LogP contribution in [0.25, 0.3) is 10.9 Å². The van der Waals surface area contributed by atoms with Crippen LogP contribution in [0.1, 0.15) is 31.2 Å². The zero-order chi connectivity index (χ0) is 18.6. The van der Waals surface area contributed by atoms with Gasteiger partial charge in [0.25, 0.3) is 0 Å². The number of benzene rings is 2. The molecular weight excluding hydrogens is 410 g/mol. The molecule has 3 rings (SSSR count). The fraction of sp³-hybridized carbons (Fsp3) is 0.333. The minimum Gasteiger partial charge on any atom is -0.331 e. The number of hydrogen-bond donors (Lipinski definition) is 0. The lowest BCUT2D eigenvalue weighted by Gasteiger charge is -2.12. The Kier molecular flexibility index (Phi) is 6.20. The molecule has 3 aromatic rings. The molecule has 0 fully saturated rings. The first kappa shape index (κ1) is 19.2. The maximum absolute atomic E-state index is 13.2. The molecule has 0 amide bonds. The van der Waals surface area contributed by atoms with Crippen molar-refractivity contribution in [2.45, 2.75) is 49.1 Å². The van der Waals surface area contributed by atoms with Gasteiger partial charge in [0.1, 0.15) is 5.03 Å². The Balaban J connectivity index is 1.98. The van der Waals surface area contributed by atoms with E-state index in [1.165, 1.54) is 0 Å². The topological polar surface area (TPSA) is 39.1 Å². The molecule has 0 aliphatic carbocycles. The van der Waals surface area contributed by atoms with Crippen molar-refractivity contribution in [1.29, 1.82) is 0 Å². The molecule has 5 heteroatoms. The van der Waals surface area contributed by atoms with Crippen molar-refractivity contribution in [3.05, 3.63) is 60.2 Å². The number of fused-ring (bicyclic) bond motifs is 1. The van der Waals surface area contributed by atoms with Gasteiger partial charge in [-0.05, 0) is 44.0 Å². The fourth-order valence-electron chi connectivity index (χ4n) is 3.19. The smallest absolute Gasteiger partial charge is 0.222 e. The predicted molar refractivity (Wildman–Crippen MR) is 111 cm³/mol. The van der Waals surface area contributed by atoms with Crippen molar-refractivity contribution in [2.75, 3.05) is 5.33 Å². The van der Waals surface area contributed by atoms with Gasteiger partial charge in [0.2, 0.25) is 9.84 Å². The molecule has 0 unspecified atom stereocenters. The molecule has 138 valence electrons. The Bertz CT molecular complexity index is 975. The third-order valence-electron chi connectivity index (χ3n) is 4.64. The number of aromatic nitrogens is 1. The maximum atomic E-state index is 13.2. The number of aryl methyl sites for hydroxylation is 2. The summed E-state index contributed by atoms with van der Waals surface area (Å²) in [5.41, 5.74) is 2.04. The number of rotatable bonds is 8. The zero-order valence-corrected chi connectivity index (χ0v) is 17.4. The highest BCUT2D eigenvalue weighted by molar-refractivity contribution is 9.09. The van der Waals surface area contributed by atoms with Gasteiger partial charge in [0, 0.05) is 22.8 Å². The quantitative estimate of drug-likeness (QED) is 0.335. The number of hydrogen-bond acceptors (Lipinski definition) is 2. The summed E-state index contributed by atoms with van der Waals surface area (Å²) >= 11 is 3.46. The number of alkyl halides is 1. The second kappa shape index (κ2) is 8.40. The number of unbranched alkanes of at least 4 members (excludes halogenated alkanes) is 3. The SMILES string of the molecule is Cc1ccc(S(=O)(=O)c2cc3ccccc3n2CCCCCCBr)cc1. The summed E-state index contributed by atoms with van der Waals surface area (Å²) in [4.78, 5) is 0.353. The average molecular weight is 434 g/mol. The van der Waals surface area contributed by atoms with Gasteiger partial charge in [-0.1, -0.05) is 64.7 Å². The number of para-hydroxylation sites is 1. The normalized spacial score (nSPS) is 11.9. The third-order valence-corrected chi connectivity index (χ3v) is 6.99. The molecule has 26 heavy (non-hydrogen) atoms. The molecule has 0 aliphatic heterocycles. The van der Waals surface area contributed by atoms with E-state index < -0.39 is 9.84 Å². The summed E-state index contributed by atoms with van der Waals surface area (Å²) in [6.07, 6.45) is 4.38. The first-order chi connectivity index (χ1) is 12.5. The van der Waals surface area contributed by atoms with Gasteiger partial charge < -0.3 is 4.57 Å². The highest BCUT2D eigenvalue weighted by Crippen LogP contribution is 2.29. The highest BCUT2D eigenvalue weighted by atomic mass is 79.9. The van der Waals surface area contributed by atoms with Gasteiger partial charge in [-0.25, -0.2) is 8.42 Å². The van der Waals surface area contributed by atoms with Crippen LogP contribution >= 0.6 is 15.9 Å². The van der Waals surface area contributed by atoms with Crippen molar-refractivity contribution < 1.29 is 8.42 Å². The summed E-state index contributed by atoms with van der Waals surface area (Å²) in [6, 6.07) is 16.8. The highest BCUT2D eigenvalue weighted by Gasteiger charge is 2.23. The molecule has 0 saturated heterocycles. The Morgan fingerprint density at radius 3 is 2.35 bits per heavy atom. The minimum absolute atomic E-state index is 0.353. The van der Waals surface area contributed by atoms with Crippen molar-refractivity contribution in [1.82, 2.24) is 4.57 Å². The molecule has 0 spiro atoms. The lowest BCUT2D eigenvalue weighted by atomic mass is 10.2. The molecule has 2 aromatic carbocycles. The van der Waals surface area contributed by atoms with E-state index in [1.54, 1.807) is 12.1 Å². The summed E-state index contributed by atoms with van der Waals surface area (Å²) in [7, 11) is -3.54. The van der Waals surface area contributed by atoms with Gasteiger partial charge in [-0.2, -0.15) is 0 Å². The van der Waals surface area contributed by atoms with Gasteiger partial charge in [-0.3, -0.25) is 0 Å². The van der Waals surface area contributed by atoms with Crippen LogP contribution in [-0.4, -0.2) is 18.3 Å². The van der Waals surface area contributed by atoms with E-state index in [4.69, 9.17) is 0 Å². The number of nitrogens with zero attached hydrogens (tertiary/aromatic N) is 1. The Labute approximate surface area is 164 Å². The largest absolute Gasteiger partial charge is 0.331 e. The van der Waals surface area contributed by atoms with Crippen molar-refractivity contribution in [3.63, 3.8) is 0 Å². The first-order valence-corrected chi connectivity index (χ1v) is 11.6. The van der Waals surface area contributed by atoms with Crippen LogP contribution in [0.3, 0.4) is 0 Å². The molecular formula is C21H24BrNO2S. The Morgan fingerprint density at radius 2 is 1.62 bits per heavy atom. The monoisotopic (exact) mass is 433 g/mol. The lowest BCUT2D eigenvalue weighted by Crippen LogP contribution is -2.10. The van der Waals surface area contributed by atoms with E-state index in [1.807, 2.05) is 54.0 Å². The zero-order valence-electron chi connectivity index (χ0n) is 15.0. The number of sulfone groups is 1. The van der Waals surface area contributed by atoms with E-state index in [2.05, 4.69) is 15.9 Å². The fourth-order valence-corrected chi connectivity index (χ4v) is 5.09. The summed E-state index contributed by atoms with van der Waals surface area (Å²) in [5, 5.41) is 2.38. The van der Waals surface area contributed by atoms with Crippen LogP contribution in [0.5, 0.6) is 0 Å².